The van der Waals surface area contributed by atoms with E-state index >= 15 is 0 Å². The van der Waals surface area contributed by atoms with E-state index < -0.39 is 16.6 Å². The molecule has 0 fully saturated rings. The Kier molecular flexibility index (Phi) is 23.7. The van der Waals surface area contributed by atoms with E-state index in [1.54, 1.807) is 18.9 Å². The molecule has 0 bridgehead atoms. The number of hydrogen-bond acceptors (Lipinski definition) is 0. The quantitative estimate of drug-likeness (QED) is 0.256. The van der Waals surface area contributed by atoms with E-state index in [2.05, 4.69) is 41.5 Å². The van der Waals surface area contributed by atoms with Crippen LogP contribution in [0.25, 0.3) is 0 Å². The molecule has 0 aliphatic rings. The first-order chi connectivity index (χ1) is 10.7. The van der Waals surface area contributed by atoms with Crippen molar-refractivity contribution in [2.75, 3.05) is 0 Å². The van der Waals surface area contributed by atoms with Gasteiger partial charge in [0.15, 0.2) is 0 Å². The maximum absolute atomic E-state index is 2.37. The number of hydrogen-bond donors (Lipinski definition) is 0. The van der Waals surface area contributed by atoms with Gasteiger partial charge in [0.25, 0.3) is 0 Å². The molecular weight excluding hydrogens is 353 g/mol. The molecule has 0 aliphatic carbocycles. The van der Waals surface area contributed by atoms with E-state index in [9.17, 15) is 0 Å². The molecule has 0 radical (unpaired) electrons. The van der Waals surface area contributed by atoms with E-state index in [1.165, 1.54) is 61.4 Å². The van der Waals surface area contributed by atoms with Gasteiger partial charge in [0.1, 0.15) is 0 Å². The zero-order valence-corrected chi connectivity index (χ0v) is 21.6. The Morgan fingerprint density at radius 2 is 0.773 bits per heavy atom. The predicted molar refractivity (Wildman–Crippen MR) is 99.8 cm³/mol. The zero-order valence-electron chi connectivity index (χ0n) is 17.1. The van der Waals surface area contributed by atoms with Gasteiger partial charge in [0, 0.05) is 0 Å². The van der Waals surface area contributed by atoms with Crippen LogP contribution in [0.4, 0.5) is 0 Å². The van der Waals surface area contributed by atoms with Crippen LogP contribution in [-0.4, -0.2) is 0 Å². The van der Waals surface area contributed by atoms with Crippen LogP contribution in [0.3, 0.4) is 0 Å². The fourth-order valence-corrected chi connectivity index (χ4v) is 14.0. The molecule has 132 valence electrons. The van der Waals surface area contributed by atoms with Gasteiger partial charge < -0.3 is 0 Å². The summed E-state index contributed by atoms with van der Waals surface area (Å²) in [5, 5.41) is 3.06. The summed E-state index contributed by atoms with van der Waals surface area (Å²) in [5.41, 5.74) is 0. The Morgan fingerprint density at radius 3 is 0.909 bits per heavy atom. The summed E-state index contributed by atoms with van der Waals surface area (Å²) < 4.78 is 6.71. The molecule has 0 aromatic rings. The summed E-state index contributed by atoms with van der Waals surface area (Å²) in [6.45, 7) is 14.1. The second-order valence-corrected chi connectivity index (χ2v) is 20.8. The van der Waals surface area contributed by atoms with Gasteiger partial charge in [0.2, 0.25) is 0 Å². The van der Waals surface area contributed by atoms with Crippen LogP contribution in [0.15, 0.2) is 0 Å². The van der Waals surface area contributed by atoms with Crippen molar-refractivity contribution in [2.45, 2.75) is 122 Å². The van der Waals surface area contributed by atoms with Crippen molar-refractivity contribution < 1.29 is 33.7 Å². The van der Waals surface area contributed by atoms with Crippen LogP contribution >= 0.6 is 0 Å². The van der Waals surface area contributed by atoms with Crippen LogP contribution < -0.4 is 0 Å². The Morgan fingerprint density at radius 1 is 0.500 bits per heavy atom. The SMILES string of the molecule is CCC[CH2][Ti]([CH2]CCC)([CH2]CCC)[CH2]CCC.C[CH2][Zn][CH2]C. The monoisotopic (exact) mass is 398 g/mol. The first-order valence-electron chi connectivity index (χ1n) is 10.7. The van der Waals surface area contributed by atoms with Crippen LogP contribution in [0.2, 0.25) is 28.9 Å². The Balaban J connectivity index is 0. The standard InChI is InChI=1S/4C4H9.2C2H5.Ti.Zn/c4*1-3-4-2;2*1-2;;/h4*1,3-4H2,2H3;2*1H2,2H3;;. The molecule has 0 atom stereocenters. The van der Waals surface area contributed by atoms with Crippen molar-refractivity contribution in [1.82, 2.24) is 0 Å². The average molecular weight is 400 g/mol. The number of unbranched alkanes of at least 4 members (excludes halogenated alkanes) is 4. The molecule has 2 heteroatoms. The van der Waals surface area contributed by atoms with E-state index in [4.69, 9.17) is 0 Å². The van der Waals surface area contributed by atoms with Gasteiger partial charge in [-0.25, -0.2) is 0 Å². The van der Waals surface area contributed by atoms with Crippen LogP contribution in [0, 0.1) is 0 Å². The van der Waals surface area contributed by atoms with E-state index in [0.717, 1.165) is 0 Å². The summed E-state index contributed by atoms with van der Waals surface area (Å²) in [6, 6.07) is 0. The first kappa shape index (κ1) is 25.6. The van der Waals surface area contributed by atoms with Gasteiger partial charge >= 0.3 is 156 Å². The molecule has 0 aliphatic heterocycles. The fraction of sp³-hybridized carbons (Fsp3) is 1.00. The Bertz CT molecular complexity index is 155. The van der Waals surface area contributed by atoms with Gasteiger partial charge in [-0.3, -0.25) is 0 Å². The summed E-state index contributed by atoms with van der Waals surface area (Å²) in [6.07, 6.45) is 11.8. The molecule has 0 rings (SSSR count). The van der Waals surface area contributed by atoms with Crippen LogP contribution in [0.5, 0.6) is 0 Å². The molecule has 0 aromatic carbocycles. The molecule has 0 N–H and O–H groups in total. The molecule has 0 heterocycles. The van der Waals surface area contributed by atoms with Gasteiger partial charge in [0.05, 0.1) is 0 Å². The van der Waals surface area contributed by atoms with Crippen molar-refractivity contribution in [2.24, 2.45) is 0 Å². The first-order valence-corrected chi connectivity index (χ1v) is 19.3. The van der Waals surface area contributed by atoms with Gasteiger partial charge in [-0.15, -0.1) is 0 Å². The molecule has 0 amide bonds. The normalized spacial score (nSPS) is 10.8. The summed E-state index contributed by atoms with van der Waals surface area (Å²) in [5.74, 6) is 0. The summed E-state index contributed by atoms with van der Waals surface area (Å²) in [7, 11) is 0. The number of rotatable bonds is 14. The van der Waals surface area contributed by atoms with Gasteiger partial charge in [-0.2, -0.15) is 0 Å². The van der Waals surface area contributed by atoms with E-state index in [-0.39, 0.29) is 17.1 Å². The topological polar surface area (TPSA) is 0 Å². The van der Waals surface area contributed by atoms with Crippen molar-refractivity contribution >= 4 is 0 Å². The van der Waals surface area contributed by atoms with Crippen molar-refractivity contribution in [3.63, 3.8) is 0 Å². The molecule has 0 nitrogen and oxygen atoms in total. The van der Waals surface area contributed by atoms with Crippen LogP contribution in [0.1, 0.15) is 92.9 Å². The predicted octanol–water partition coefficient (Wildman–Crippen LogP) is 8.96. The third-order valence-electron chi connectivity index (χ3n) is 4.95. The van der Waals surface area contributed by atoms with Gasteiger partial charge in [-0.1, -0.05) is 0 Å². The molecule has 0 saturated carbocycles. The zero-order chi connectivity index (χ0) is 17.1. The van der Waals surface area contributed by atoms with Crippen molar-refractivity contribution in [3.8, 4) is 0 Å². The van der Waals surface area contributed by atoms with E-state index in [1.807, 2.05) is 0 Å². The minimum atomic E-state index is -1.43. The summed E-state index contributed by atoms with van der Waals surface area (Å²) in [4.78, 5) is 0. The summed E-state index contributed by atoms with van der Waals surface area (Å²) >= 11 is -1.34. The Labute approximate surface area is 155 Å². The third-order valence-corrected chi connectivity index (χ3v) is 16.8. The fourth-order valence-electron chi connectivity index (χ4n) is 3.31. The molecule has 0 unspecified atom stereocenters. The molecule has 0 saturated heterocycles. The van der Waals surface area contributed by atoms with Crippen molar-refractivity contribution in [3.05, 3.63) is 0 Å². The maximum atomic E-state index is 2.37. The molecular formula is C20H46TiZn. The molecule has 0 aromatic heterocycles. The molecule has 0 spiro atoms. The Hall–Kier alpha value is 1.34. The second kappa shape index (κ2) is 20.4. The molecule has 22 heavy (non-hydrogen) atoms. The van der Waals surface area contributed by atoms with E-state index in [0.29, 0.717) is 0 Å². The third kappa shape index (κ3) is 16.2. The van der Waals surface area contributed by atoms with Gasteiger partial charge in [-0.05, 0) is 0 Å². The van der Waals surface area contributed by atoms with Crippen molar-refractivity contribution in [1.29, 1.82) is 0 Å². The van der Waals surface area contributed by atoms with Crippen LogP contribution in [-0.2, 0) is 33.7 Å². The second-order valence-electron chi connectivity index (χ2n) is 7.27. The average Bonchev–Trinajstić information content (AvgIpc) is 2.55. The minimum absolute atomic E-state index is 0.0972.